The van der Waals surface area contributed by atoms with Gasteiger partial charge < -0.3 is 9.30 Å². The number of aromatic nitrogens is 1. The van der Waals surface area contributed by atoms with Crippen molar-refractivity contribution in [1.82, 2.24) is 4.57 Å². The number of benzene rings is 2. The number of esters is 1. The van der Waals surface area contributed by atoms with Crippen LogP contribution < -0.4 is 4.80 Å². The van der Waals surface area contributed by atoms with Gasteiger partial charge in [0.05, 0.1) is 17.3 Å². The monoisotopic (exact) mass is 432 g/mol. The first-order chi connectivity index (χ1) is 14.1. The minimum atomic E-state index is -0.458. The van der Waals surface area contributed by atoms with Crippen molar-refractivity contribution >= 4 is 45.2 Å². The molecular weight excluding hydrogens is 411 g/mol. The van der Waals surface area contributed by atoms with Gasteiger partial charge in [0, 0.05) is 12.2 Å². The molecule has 29 heavy (non-hydrogen) atoms. The summed E-state index contributed by atoms with van der Waals surface area (Å²) in [6, 6.07) is 14.4. The summed E-state index contributed by atoms with van der Waals surface area (Å²) in [5.41, 5.74) is 1.90. The lowest BCUT2D eigenvalue weighted by Gasteiger charge is -2.03. The van der Waals surface area contributed by atoms with E-state index in [9.17, 15) is 14.0 Å². The SMILES string of the molecule is COC(=O)Cn1c(=NC(=O)CCCSCc2ccccc2)sc2cc(F)ccc21. The number of thiazole rings is 1. The fourth-order valence-electron chi connectivity index (χ4n) is 2.73. The summed E-state index contributed by atoms with van der Waals surface area (Å²) in [5.74, 6) is 0.678. The van der Waals surface area contributed by atoms with Gasteiger partial charge in [0.25, 0.3) is 0 Å². The highest BCUT2D eigenvalue weighted by Gasteiger charge is 2.12. The van der Waals surface area contributed by atoms with E-state index in [2.05, 4.69) is 17.1 Å². The second-order valence-corrected chi connectivity index (χ2v) is 8.42. The molecule has 3 aromatic rings. The Morgan fingerprint density at radius 1 is 1.21 bits per heavy atom. The largest absolute Gasteiger partial charge is 0.468 e. The molecule has 0 unspecified atom stereocenters. The highest BCUT2D eigenvalue weighted by atomic mass is 32.2. The third-order valence-electron chi connectivity index (χ3n) is 4.17. The van der Waals surface area contributed by atoms with Gasteiger partial charge in [-0.05, 0) is 35.9 Å². The molecule has 5 nitrogen and oxygen atoms in total. The summed E-state index contributed by atoms with van der Waals surface area (Å²) >= 11 is 2.96. The summed E-state index contributed by atoms with van der Waals surface area (Å²) in [7, 11) is 1.30. The number of amides is 1. The lowest BCUT2D eigenvalue weighted by Crippen LogP contribution is -2.22. The van der Waals surface area contributed by atoms with Crippen LogP contribution in [0.1, 0.15) is 18.4 Å². The van der Waals surface area contributed by atoms with Crippen molar-refractivity contribution in [2.75, 3.05) is 12.9 Å². The molecule has 8 heteroatoms. The molecule has 0 saturated heterocycles. The standard InChI is InChI=1S/C21H21FN2O3S2/c1-27-20(26)13-24-17-10-9-16(22)12-18(17)29-21(24)23-19(25)8-5-11-28-14-15-6-3-2-4-7-15/h2-4,6-7,9-10,12H,5,8,11,13-14H2,1H3. The lowest BCUT2D eigenvalue weighted by molar-refractivity contribution is -0.141. The Hall–Kier alpha value is -2.45. The van der Waals surface area contributed by atoms with Gasteiger partial charge in [-0.25, -0.2) is 4.39 Å². The van der Waals surface area contributed by atoms with Gasteiger partial charge in [0.1, 0.15) is 12.4 Å². The van der Waals surface area contributed by atoms with Crippen LogP contribution in [0.2, 0.25) is 0 Å². The maximum Gasteiger partial charge on any atom is 0.325 e. The van der Waals surface area contributed by atoms with Crippen molar-refractivity contribution in [3.63, 3.8) is 0 Å². The van der Waals surface area contributed by atoms with Crippen LogP contribution in [-0.4, -0.2) is 29.3 Å². The molecule has 0 aliphatic carbocycles. The van der Waals surface area contributed by atoms with E-state index in [1.54, 1.807) is 22.4 Å². The van der Waals surface area contributed by atoms with Crippen molar-refractivity contribution in [2.45, 2.75) is 25.1 Å². The van der Waals surface area contributed by atoms with Crippen molar-refractivity contribution in [1.29, 1.82) is 0 Å². The molecule has 0 N–H and O–H groups in total. The van der Waals surface area contributed by atoms with Crippen molar-refractivity contribution in [3.05, 3.63) is 64.7 Å². The van der Waals surface area contributed by atoms with Crippen molar-refractivity contribution in [2.24, 2.45) is 4.99 Å². The number of nitrogens with zero attached hydrogens (tertiary/aromatic N) is 2. The molecule has 0 aliphatic rings. The number of carbonyl (C=O) groups is 2. The van der Waals surface area contributed by atoms with E-state index in [4.69, 9.17) is 4.74 Å². The molecule has 1 heterocycles. The van der Waals surface area contributed by atoms with E-state index < -0.39 is 5.97 Å². The number of methoxy groups -OCH3 is 1. The third kappa shape index (κ3) is 6.01. The van der Waals surface area contributed by atoms with E-state index in [-0.39, 0.29) is 18.3 Å². The Bertz CT molecular complexity index is 1060. The molecule has 0 bridgehead atoms. The van der Waals surface area contributed by atoms with Crippen LogP contribution in [0.25, 0.3) is 10.2 Å². The van der Waals surface area contributed by atoms with Crippen molar-refractivity contribution in [3.8, 4) is 0 Å². The molecule has 2 aromatic carbocycles. The summed E-state index contributed by atoms with van der Waals surface area (Å²) in [6.07, 6.45) is 1.04. The Morgan fingerprint density at radius 3 is 2.76 bits per heavy atom. The van der Waals surface area contributed by atoms with E-state index in [1.165, 1.54) is 36.1 Å². The second-order valence-electron chi connectivity index (χ2n) is 6.31. The number of carbonyl (C=O) groups excluding carboxylic acids is 2. The van der Waals surface area contributed by atoms with Crippen LogP contribution in [0.15, 0.2) is 53.5 Å². The maximum atomic E-state index is 13.5. The fourth-order valence-corrected chi connectivity index (χ4v) is 4.72. The molecule has 1 aromatic heterocycles. The van der Waals surface area contributed by atoms with Crippen LogP contribution in [0, 0.1) is 5.82 Å². The number of rotatable bonds is 8. The zero-order valence-corrected chi connectivity index (χ0v) is 17.6. The first-order valence-corrected chi connectivity index (χ1v) is 11.1. The average Bonchev–Trinajstić information content (AvgIpc) is 3.04. The van der Waals surface area contributed by atoms with Crippen LogP contribution in [0.3, 0.4) is 0 Å². The summed E-state index contributed by atoms with van der Waals surface area (Å²) in [6.45, 7) is -0.0822. The molecule has 0 aliphatic heterocycles. The van der Waals surface area contributed by atoms with E-state index in [1.807, 2.05) is 18.2 Å². The number of ether oxygens (including phenoxy) is 1. The van der Waals surface area contributed by atoms with Gasteiger partial charge in [-0.15, -0.1) is 0 Å². The molecule has 0 saturated carbocycles. The topological polar surface area (TPSA) is 60.7 Å². The van der Waals surface area contributed by atoms with E-state index in [0.29, 0.717) is 21.4 Å². The predicted octanol–water partition coefficient (Wildman–Crippen LogP) is 4.16. The fraction of sp³-hybridized carbons (Fsp3) is 0.286. The van der Waals surface area contributed by atoms with Gasteiger partial charge in [-0.3, -0.25) is 9.59 Å². The normalized spacial score (nSPS) is 11.7. The number of fused-ring (bicyclic) bond motifs is 1. The maximum absolute atomic E-state index is 13.5. The molecule has 152 valence electrons. The zero-order chi connectivity index (χ0) is 20.6. The van der Waals surface area contributed by atoms with E-state index in [0.717, 1.165) is 17.9 Å². The zero-order valence-electron chi connectivity index (χ0n) is 16.0. The minimum absolute atomic E-state index is 0.0822. The summed E-state index contributed by atoms with van der Waals surface area (Å²) in [5, 5.41) is 0. The first-order valence-electron chi connectivity index (χ1n) is 9.12. The Balaban J connectivity index is 1.65. The van der Waals surface area contributed by atoms with Crippen LogP contribution >= 0.6 is 23.1 Å². The second kappa shape index (κ2) is 10.4. The Kier molecular flexibility index (Phi) is 7.60. The molecule has 1 amide bonds. The highest BCUT2D eigenvalue weighted by molar-refractivity contribution is 7.98. The highest BCUT2D eigenvalue weighted by Crippen LogP contribution is 2.19. The molecule has 0 radical (unpaired) electrons. The Labute approximate surface area is 176 Å². The van der Waals surface area contributed by atoms with E-state index >= 15 is 0 Å². The summed E-state index contributed by atoms with van der Waals surface area (Å²) in [4.78, 5) is 28.6. The van der Waals surface area contributed by atoms with Crippen molar-refractivity contribution < 1.29 is 18.7 Å². The van der Waals surface area contributed by atoms with Gasteiger partial charge >= 0.3 is 5.97 Å². The summed E-state index contributed by atoms with van der Waals surface area (Å²) < 4.78 is 20.5. The van der Waals surface area contributed by atoms with Gasteiger partial charge in [-0.1, -0.05) is 41.7 Å². The van der Waals surface area contributed by atoms with Gasteiger partial charge in [0.2, 0.25) is 5.91 Å². The molecular formula is C21H21FN2O3S2. The van der Waals surface area contributed by atoms with Gasteiger partial charge in [-0.2, -0.15) is 16.8 Å². The number of halogens is 1. The minimum Gasteiger partial charge on any atom is -0.468 e. The molecule has 0 spiro atoms. The first kappa shape index (κ1) is 21.3. The quantitative estimate of drug-likeness (QED) is 0.396. The molecule has 0 fully saturated rings. The third-order valence-corrected chi connectivity index (χ3v) is 6.33. The number of thioether (sulfide) groups is 1. The number of hydrogen-bond donors (Lipinski definition) is 0. The average molecular weight is 433 g/mol. The van der Waals surface area contributed by atoms with Crippen LogP contribution in [-0.2, 0) is 26.6 Å². The smallest absolute Gasteiger partial charge is 0.325 e. The lowest BCUT2D eigenvalue weighted by atomic mass is 10.2. The number of hydrogen-bond acceptors (Lipinski definition) is 5. The molecule has 0 atom stereocenters. The van der Waals surface area contributed by atoms with Gasteiger partial charge in [0.15, 0.2) is 4.80 Å². The molecule has 3 rings (SSSR count). The Morgan fingerprint density at radius 2 is 2.00 bits per heavy atom. The predicted molar refractivity (Wildman–Crippen MR) is 114 cm³/mol. The van der Waals surface area contributed by atoms with Crippen LogP contribution in [0.5, 0.6) is 0 Å². The van der Waals surface area contributed by atoms with Crippen LogP contribution in [0.4, 0.5) is 4.39 Å².